The van der Waals surface area contributed by atoms with Gasteiger partial charge in [-0.2, -0.15) is 0 Å². The molecule has 0 N–H and O–H groups in total. The number of anilines is 1. The van der Waals surface area contributed by atoms with E-state index in [0.29, 0.717) is 11.8 Å². The third-order valence-corrected chi connectivity index (χ3v) is 4.41. The minimum absolute atomic E-state index is 0.0260. The van der Waals surface area contributed by atoms with Crippen LogP contribution < -0.4 is 4.90 Å². The number of hydrogen-bond donors (Lipinski definition) is 0. The number of carbonyl (C=O) groups is 1. The quantitative estimate of drug-likeness (QED) is 0.738. The van der Waals surface area contributed by atoms with Gasteiger partial charge in [0, 0.05) is 21.2 Å². The van der Waals surface area contributed by atoms with Crippen molar-refractivity contribution in [3.8, 4) is 0 Å². The predicted octanol–water partition coefficient (Wildman–Crippen LogP) is 3.52. The second-order valence-electron chi connectivity index (χ2n) is 3.65. The van der Waals surface area contributed by atoms with Crippen molar-refractivity contribution >= 4 is 50.9 Å². The van der Waals surface area contributed by atoms with Gasteiger partial charge in [-0.25, -0.2) is 0 Å². The van der Waals surface area contributed by atoms with Gasteiger partial charge in [0.25, 0.3) is 0 Å². The van der Waals surface area contributed by atoms with Gasteiger partial charge in [0.15, 0.2) is 0 Å². The molecule has 0 radical (unpaired) electrons. The Kier molecular flexibility index (Phi) is 3.82. The van der Waals surface area contributed by atoms with E-state index < -0.39 is 0 Å². The fourth-order valence-corrected chi connectivity index (χ4v) is 3.76. The first kappa shape index (κ1) is 12.3. The number of alkyl halides is 1. The highest BCUT2D eigenvalue weighted by Gasteiger charge is 2.27. The highest BCUT2D eigenvalue weighted by molar-refractivity contribution is 9.10. The SMILES string of the molecule is CC1CN(C(=O)CCl)c2c(Br)cccc2S1. The van der Waals surface area contributed by atoms with Crippen molar-refractivity contribution in [1.29, 1.82) is 0 Å². The van der Waals surface area contributed by atoms with Crippen molar-refractivity contribution < 1.29 is 4.79 Å². The summed E-state index contributed by atoms with van der Waals surface area (Å²) in [6.45, 7) is 2.83. The molecule has 2 rings (SSSR count). The lowest BCUT2D eigenvalue weighted by molar-refractivity contribution is -0.116. The van der Waals surface area contributed by atoms with Crippen molar-refractivity contribution in [2.24, 2.45) is 0 Å². The van der Waals surface area contributed by atoms with Crippen LogP contribution in [0.25, 0.3) is 0 Å². The fraction of sp³-hybridized carbons (Fsp3) is 0.364. The number of hydrogen-bond acceptors (Lipinski definition) is 2. The number of carbonyl (C=O) groups excluding carboxylic acids is 1. The van der Waals surface area contributed by atoms with Crippen LogP contribution in [0, 0.1) is 0 Å². The molecule has 0 saturated heterocycles. The summed E-state index contributed by atoms with van der Waals surface area (Å²) in [4.78, 5) is 14.7. The molecule has 0 fully saturated rings. The molecule has 0 aromatic heterocycles. The van der Waals surface area contributed by atoms with E-state index in [1.54, 1.807) is 16.7 Å². The summed E-state index contributed by atoms with van der Waals surface area (Å²) in [5.41, 5.74) is 0.955. The molecule has 86 valence electrons. The van der Waals surface area contributed by atoms with Gasteiger partial charge in [0.2, 0.25) is 5.91 Å². The first-order chi connectivity index (χ1) is 7.63. The number of nitrogens with zero attached hydrogens (tertiary/aromatic N) is 1. The maximum atomic E-state index is 11.8. The molecule has 1 aliphatic heterocycles. The van der Waals surface area contributed by atoms with E-state index in [4.69, 9.17) is 11.6 Å². The summed E-state index contributed by atoms with van der Waals surface area (Å²) >= 11 is 10.9. The van der Waals surface area contributed by atoms with Gasteiger partial charge < -0.3 is 4.90 Å². The van der Waals surface area contributed by atoms with E-state index in [0.717, 1.165) is 15.1 Å². The Morgan fingerprint density at radius 2 is 2.44 bits per heavy atom. The zero-order valence-electron chi connectivity index (χ0n) is 8.74. The van der Waals surface area contributed by atoms with E-state index in [1.807, 2.05) is 18.2 Å². The minimum atomic E-state index is -0.0398. The van der Waals surface area contributed by atoms with Crippen molar-refractivity contribution in [3.63, 3.8) is 0 Å². The minimum Gasteiger partial charge on any atom is -0.308 e. The topological polar surface area (TPSA) is 20.3 Å². The summed E-state index contributed by atoms with van der Waals surface area (Å²) in [6.07, 6.45) is 0. The maximum Gasteiger partial charge on any atom is 0.242 e. The van der Waals surface area contributed by atoms with Crippen LogP contribution in [0.15, 0.2) is 27.6 Å². The van der Waals surface area contributed by atoms with Gasteiger partial charge in [-0.15, -0.1) is 23.4 Å². The van der Waals surface area contributed by atoms with Gasteiger partial charge in [0.1, 0.15) is 5.88 Å². The molecule has 1 heterocycles. The summed E-state index contributed by atoms with van der Waals surface area (Å²) in [5, 5.41) is 0.397. The number of rotatable bonds is 1. The largest absolute Gasteiger partial charge is 0.308 e. The maximum absolute atomic E-state index is 11.8. The van der Waals surface area contributed by atoms with Crippen LogP contribution in [0.4, 0.5) is 5.69 Å². The van der Waals surface area contributed by atoms with Crippen LogP contribution in [0.5, 0.6) is 0 Å². The molecule has 1 amide bonds. The third kappa shape index (κ3) is 2.24. The molecule has 0 saturated carbocycles. The molecular weight excluding hydrogens is 310 g/mol. The van der Waals surface area contributed by atoms with Crippen molar-refractivity contribution in [2.75, 3.05) is 17.3 Å². The summed E-state index contributed by atoms with van der Waals surface area (Å²) in [6, 6.07) is 5.97. The van der Waals surface area contributed by atoms with E-state index >= 15 is 0 Å². The average molecular weight is 321 g/mol. The van der Waals surface area contributed by atoms with Gasteiger partial charge in [-0.1, -0.05) is 13.0 Å². The van der Waals surface area contributed by atoms with Crippen LogP contribution in [0.2, 0.25) is 0 Å². The number of halogens is 2. The Bertz CT molecular complexity index is 426. The Balaban J connectivity index is 2.47. The lowest BCUT2D eigenvalue weighted by Crippen LogP contribution is -2.39. The molecule has 1 atom stereocenters. The smallest absolute Gasteiger partial charge is 0.242 e. The molecule has 5 heteroatoms. The monoisotopic (exact) mass is 319 g/mol. The Labute approximate surface area is 112 Å². The van der Waals surface area contributed by atoms with Gasteiger partial charge in [0.05, 0.1) is 5.69 Å². The van der Waals surface area contributed by atoms with Crippen LogP contribution in [0.3, 0.4) is 0 Å². The van der Waals surface area contributed by atoms with Crippen molar-refractivity contribution in [3.05, 3.63) is 22.7 Å². The number of para-hydroxylation sites is 1. The Hall–Kier alpha value is -0.190. The average Bonchev–Trinajstić information content (AvgIpc) is 2.27. The van der Waals surface area contributed by atoms with Gasteiger partial charge in [-0.05, 0) is 28.1 Å². The van der Waals surface area contributed by atoms with Crippen LogP contribution in [-0.2, 0) is 4.79 Å². The molecule has 0 bridgehead atoms. The van der Waals surface area contributed by atoms with E-state index in [9.17, 15) is 4.79 Å². The first-order valence-corrected chi connectivity index (χ1v) is 7.15. The number of amides is 1. The Morgan fingerprint density at radius 3 is 3.12 bits per heavy atom. The Morgan fingerprint density at radius 1 is 1.69 bits per heavy atom. The summed E-state index contributed by atoms with van der Waals surface area (Å²) in [7, 11) is 0. The third-order valence-electron chi connectivity index (χ3n) is 2.40. The lowest BCUT2D eigenvalue weighted by Gasteiger charge is -2.33. The summed E-state index contributed by atoms with van der Waals surface area (Å²) in [5.74, 6) is -0.0139. The second-order valence-corrected chi connectivity index (χ2v) is 6.25. The molecular formula is C11H11BrClNOS. The van der Waals surface area contributed by atoms with E-state index in [2.05, 4.69) is 22.9 Å². The molecule has 1 aliphatic rings. The van der Waals surface area contributed by atoms with E-state index in [1.165, 1.54) is 0 Å². The van der Waals surface area contributed by atoms with Crippen LogP contribution >= 0.6 is 39.3 Å². The van der Waals surface area contributed by atoms with Crippen molar-refractivity contribution in [1.82, 2.24) is 0 Å². The fourth-order valence-electron chi connectivity index (χ4n) is 1.75. The highest BCUT2D eigenvalue weighted by atomic mass is 79.9. The zero-order valence-corrected chi connectivity index (χ0v) is 11.9. The van der Waals surface area contributed by atoms with E-state index in [-0.39, 0.29) is 11.8 Å². The highest BCUT2D eigenvalue weighted by Crippen LogP contribution is 2.42. The molecule has 1 unspecified atom stereocenters. The molecule has 0 aliphatic carbocycles. The molecule has 1 aromatic carbocycles. The number of thioether (sulfide) groups is 1. The van der Waals surface area contributed by atoms with Gasteiger partial charge in [-0.3, -0.25) is 4.79 Å². The van der Waals surface area contributed by atoms with Gasteiger partial charge >= 0.3 is 0 Å². The van der Waals surface area contributed by atoms with Crippen LogP contribution in [-0.4, -0.2) is 23.6 Å². The molecule has 2 nitrogen and oxygen atoms in total. The zero-order chi connectivity index (χ0) is 11.7. The standard InChI is InChI=1S/C11H11BrClNOS/c1-7-6-14(10(15)5-13)11-8(12)3-2-4-9(11)16-7/h2-4,7H,5-6H2,1H3. The second kappa shape index (κ2) is 4.98. The number of benzene rings is 1. The molecule has 0 spiro atoms. The molecule has 1 aromatic rings. The van der Waals surface area contributed by atoms with Crippen molar-refractivity contribution in [2.45, 2.75) is 17.1 Å². The summed E-state index contributed by atoms with van der Waals surface area (Å²) < 4.78 is 0.947. The van der Waals surface area contributed by atoms with Crippen LogP contribution in [0.1, 0.15) is 6.92 Å². The molecule has 16 heavy (non-hydrogen) atoms. The lowest BCUT2D eigenvalue weighted by atomic mass is 10.2. The first-order valence-electron chi connectivity index (χ1n) is 4.95. The number of fused-ring (bicyclic) bond motifs is 1. The predicted molar refractivity (Wildman–Crippen MR) is 72.5 cm³/mol. The normalized spacial score (nSPS) is 19.4.